The molecule has 2 aliphatic heterocycles. The second kappa shape index (κ2) is 11.6. The highest BCUT2D eigenvalue weighted by atomic mass is 19.1. The number of hydrogen-bond donors (Lipinski definition) is 1. The Morgan fingerprint density at radius 2 is 1.44 bits per heavy atom. The van der Waals surface area contributed by atoms with E-state index in [0.29, 0.717) is 18.8 Å². The summed E-state index contributed by atoms with van der Waals surface area (Å²) in [6, 6.07) is 14.4. The minimum Gasteiger partial charge on any atom is -0.339 e. The topological polar surface area (TPSA) is 59.1 Å². The van der Waals surface area contributed by atoms with Crippen LogP contribution in [0.1, 0.15) is 11.1 Å². The van der Waals surface area contributed by atoms with Crippen LogP contribution in [0.15, 0.2) is 48.5 Å². The van der Waals surface area contributed by atoms with E-state index in [1.165, 1.54) is 23.3 Å². The molecule has 182 valence electrons. The van der Waals surface area contributed by atoms with Crippen LogP contribution in [0.25, 0.3) is 0 Å². The van der Waals surface area contributed by atoms with Gasteiger partial charge in [0.25, 0.3) is 0 Å². The van der Waals surface area contributed by atoms with Crippen LogP contribution in [-0.2, 0) is 16.1 Å². The lowest BCUT2D eigenvalue weighted by molar-refractivity contribution is -0.135. The minimum atomic E-state index is -0.326. The molecule has 0 aromatic heterocycles. The molecule has 2 fully saturated rings. The number of anilines is 1. The molecule has 2 saturated heterocycles. The van der Waals surface area contributed by atoms with Gasteiger partial charge in [-0.05, 0) is 36.8 Å². The van der Waals surface area contributed by atoms with Gasteiger partial charge in [0.05, 0.1) is 13.1 Å². The molecule has 0 spiro atoms. The van der Waals surface area contributed by atoms with Crippen molar-refractivity contribution in [3.05, 3.63) is 65.5 Å². The quantitative estimate of drug-likeness (QED) is 0.676. The minimum absolute atomic E-state index is 0.111. The predicted molar refractivity (Wildman–Crippen MR) is 131 cm³/mol. The Balaban J connectivity index is 1.13. The second-order valence-electron chi connectivity index (χ2n) is 9.25. The van der Waals surface area contributed by atoms with Gasteiger partial charge >= 0.3 is 0 Å². The fourth-order valence-corrected chi connectivity index (χ4v) is 4.56. The van der Waals surface area contributed by atoms with Crippen molar-refractivity contribution in [2.24, 2.45) is 0 Å². The lowest BCUT2D eigenvalue weighted by Gasteiger charge is -2.38. The summed E-state index contributed by atoms with van der Waals surface area (Å²) in [4.78, 5) is 33.7. The molecule has 2 aromatic rings. The number of amides is 2. The first kappa shape index (κ1) is 24.3. The first-order chi connectivity index (χ1) is 16.4. The molecule has 0 saturated carbocycles. The van der Waals surface area contributed by atoms with Gasteiger partial charge in [0, 0.05) is 64.6 Å². The first-order valence-corrected chi connectivity index (χ1v) is 12.0. The van der Waals surface area contributed by atoms with E-state index in [1.807, 2.05) is 4.90 Å². The molecule has 4 rings (SSSR count). The summed E-state index contributed by atoms with van der Waals surface area (Å²) >= 11 is 0. The van der Waals surface area contributed by atoms with Crippen LogP contribution in [0, 0.1) is 12.7 Å². The largest absolute Gasteiger partial charge is 0.339 e. The van der Waals surface area contributed by atoms with Crippen molar-refractivity contribution in [1.29, 1.82) is 0 Å². The Labute approximate surface area is 201 Å². The molecule has 2 aliphatic rings. The number of halogens is 1. The maximum absolute atomic E-state index is 13.0. The smallest absolute Gasteiger partial charge is 0.238 e. The Morgan fingerprint density at radius 1 is 0.824 bits per heavy atom. The highest BCUT2D eigenvalue weighted by molar-refractivity contribution is 5.92. The van der Waals surface area contributed by atoms with Gasteiger partial charge in [0.15, 0.2) is 0 Å². The molecule has 2 aromatic carbocycles. The van der Waals surface area contributed by atoms with Crippen LogP contribution in [0.2, 0.25) is 0 Å². The van der Waals surface area contributed by atoms with E-state index in [-0.39, 0.29) is 17.6 Å². The van der Waals surface area contributed by atoms with Gasteiger partial charge in [-0.15, -0.1) is 0 Å². The van der Waals surface area contributed by atoms with Gasteiger partial charge in [-0.25, -0.2) is 4.39 Å². The van der Waals surface area contributed by atoms with Crippen LogP contribution in [-0.4, -0.2) is 96.9 Å². The molecule has 34 heavy (non-hydrogen) atoms. The molecular formula is C26H34FN5O2. The number of aryl methyl sites for hydroxylation is 1. The number of piperazine rings is 2. The molecule has 0 atom stereocenters. The summed E-state index contributed by atoms with van der Waals surface area (Å²) in [6.45, 7) is 10.1. The summed E-state index contributed by atoms with van der Waals surface area (Å²) < 4.78 is 13.0. The number of rotatable bonds is 7. The van der Waals surface area contributed by atoms with Gasteiger partial charge in [-0.2, -0.15) is 0 Å². The Bertz CT molecular complexity index is 967. The fourth-order valence-electron chi connectivity index (χ4n) is 4.56. The Kier molecular flexibility index (Phi) is 8.26. The lowest BCUT2D eigenvalue weighted by Crippen LogP contribution is -2.54. The van der Waals surface area contributed by atoms with E-state index >= 15 is 0 Å². The van der Waals surface area contributed by atoms with E-state index in [2.05, 4.69) is 51.2 Å². The summed E-state index contributed by atoms with van der Waals surface area (Å²) in [6.07, 6.45) is 0. The average Bonchev–Trinajstić information content (AvgIpc) is 2.82. The maximum Gasteiger partial charge on any atom is 0.238 e. The molecule has 0 aliphatic carbocycles. The van der Waals surface area contributed by atoms with E-state index in [4.69, 9.17) is 0 Å². The molecular weight excluding hydrogens is 433 g/mol. The standard InChI is InChI=1S/C26H34FN5O2/c1-21-3-2-4-22(17-21)18-29-13-15-32(16-14-29)26(34)20-31-11-9-30(10-12-31)19-25(33)28-24-7-5-23(27)6-8-24/h2-8,17H,9-16,18-20H2,1H3,(H,28,33). The highest BCUT2D eigenvalue weighted by Gasteiger charge is 2.25. The molecule has 1 N–H and O–H groups in total. The number of benzene rings is 2. The number of carbonyl (C=O) groups is 2. The van der Waals surface area contributed by atoms with Gasteiger partial charge in [-0.1, -0.05) is 29.8 Å². The van der Waals surface area contributed by atoms with Crippen LogP contribution in [0.4, 0.5) is 10.1 Å². The van der Waals surface area contributed by atoms with Crippen LogP contribution in [0.3, 0.4) is 0 Å². The van der Waals surface area contributed by atoms with E-state index in [0.717, 1.165) is 58.9 Å². The number of carbonyl (C=O) groups excluding carboxylic acids is 2. The predicted octanol–water partition coefficient (Wildman–Crippen LogP) is 2.03. The average molecular weight is 468 g/mol. The SMILES string of the molecule is Cc1cccc(CN2CCN(C(=O)CN3CCN(CC(=O)Nc4ccc(F)cc4)CC3)CC2)c1. The lowest BCUT2D eigenvalue weighted by atomic mass is 10.1. The van der Waals surface area contributed by atoms with Crippen molar-refractivity contribution >= 4 is 17.5 Å². The third-order valence-electron chi connectivity index (χ3n) is 6.53. The summed E-state index contributed by atoms with van der Waals surface area (Å²) in [5.41, 5.74) is 3.19. The zero-order valence-electron chi connectivity index (χ0n) is 19.9. The van der Waals surface area contributed by atoms with E-state index < -0.39 is 0 Å². The number of nitrogens with one attached hydrogen (secondary N) is 1. The summed E-state index contributed by atoms with van der Waals surface area (Å²) in [7, 11) is 0. The van der Waals surface area contributed by atoms with Gasteiger partial charge < -0.3 is 10.2 Å². The van der Waals surface area contributed by atoms with E-state index in [9.17, 15) is 14.0 Å². The van der Waals surface area contributed by atoms with Crippen molar-refractivity contribution in [3.8, 4) is 0 Å². The second-order valence-corrected chi connectivity index (χ2v) is 9.25. The van der Waals surface area contributed by atoms with Gasteiger partial charge in [0.1, 0.15) is 5.82 Å². The monoisotopic (exact) mass is 467 g/mol. The maximum atomic E-state index is 13.0. The molecule has 2 amide bonds. The molecule has 0 bridgehead atoms. The van der Waals surface area contributed by atoms with Crippen molar-refractivity contribution in [2.75, 3.05) is 70.8 Å². The highest BCUT2D eigenvalue weighted by Crippen LogP contribution is 2.12. The third kappa shape index (κ3) is 7.09. The Hall–Kier alpha value is -2.81. The van der Waals surface area contributed by atoms with Crippen molar-refractivity contribution in [3.63, 3.8) is 0 Å². The third-order valence-corrected chi connectivity index (χ3v) is 6.53. The number of nitrogens with zero attached hydrogens (tertiary/aromatic N) is 4. The summed E-state index contributed by atoms with van der Waals surface area (Å²) in [5, 5.41) is 2.80. The molecule has 7 nitrogen and oxygen atoms in total. The molecule has 2 heterocycles. The van der Waals surface area contributed by atoms with Crippen molar-refractivity contribution in [1.82, 2.24) is 19.6 Å². The zero-order chi connectivity index (χ0) is 23.9. The molecule has 0 radical (unpaired) electrons. The van der Waals surface area contributed by atoms with Gasteiger partial charge in [0.2, 0.25) is 11.8 Å². The number of hydrogen-bond acceptors (Lipinski definition) is 5. The van der Waals surface area contributed by atoms with Crippen molar-refractivity contribution < 1.29 is 14.0 Å². The zero-order valence-corrected chi connectivity index (χ0v) is 19.9. The van der Waals surface area contributed by atoms with Gasteiger partial charge in [-0.3, -0.25) is 24.3 Å². The van der Waals surface area contributed by atoms with Crippen LogP contribution >= 0.6 is 0 Å². The first-order valence-electron chi connectivity index (χ1n) is 12.0. The fraction of sp³-hybridized carbons (Fsp3) is 0.462. The van der Waals surface area contributed by atoms with E-state index in [1.54, 1.807) is 12.1 Å². The van der Waals surface area contributed by atoms with Crippen molar-refractivity contribution in [2.45, 2.75) is 13.5 Å². The normalized spacial score (nSPS) is 18.1. The Morgan fingerprint density at radius 3 is 2.09 bits per heavy atom. The van der Waals surface area contributed by atoms with Crippen LogP contribution < -0.4 is 5.32 Å². The molecule has 0 unspecified atom stereocenters. The summed E-state index contributed by atoms with van der Waals surface area (Å²) in [5.74, 6) is -0.245. The van der Waals surface area contributed by atoms with Crippen LogP contribution in [0.5, 0.6) is 0 Å². The molecule has 8 heteroatoms.